The standard InChI is InChI=1S/C11H16/c1-8-6-7-10-4-3-5-11(10)9(8)2/h3-4,8-9H,5-7H2,1-2H3/t8-,9-/m0/s1. The maximum absolute atomic E-state index is 2.38. The van der Waals surface area contributed by atoms with Crippen LogP contribution in [0, 0.1) is 11.8 Å². The largest absolute Gasteiger partial charge is 0.0802 e. The molecule has 2 aliphatic rings. The third-order valence-electron chi connectivity index (χ3n) is 3.34. The molecule has 0 nitrogen and oxygen atoms in total. The lowest BCUT2D eigenvalue weighted by atomic mass is 9.78. The Labute approximate surface area is 69.0 Å². The topological polar surface area (TPSA) is 0 Å². The van der Waals surface area contributed by atoms with Gasteiger partial charge in [0, 0.05) is 0 Å². The van der Waals surface area contributed by atoms with Crippen LogP contribution in [0.2, 0.25) is 0 Å². The third kappa shape index (κ3) is 1.05. The van der Waals surface area contributed by atoms with Gasteiger partial charge in [-0.05, 0) is 36.7 Å². The van der Waals surface area contributed by atoms with Gasteiger partial charge in [0.2, 0.25) is 0 Å². The van der Waals surface area contributed by atoms with Crippen molar-refractivity contribution in [1.82, 2.24) is 0 Å². The van der Waals surface area contributed by atoms with Crippen LogP contribution in [0.3, 0.4) is 0 Å². The van der Waals surface area contributed by atoms with Crippen molar-refractivity contribution in [3.63, 3.8) is 0 Å². The molecule has 0 aromatic heterocycles. The van der Waals surface area contributed by atoms with E-state index in [4.69, 9.17) is 0 Å². The first-order valence-corrected chi connectivity index (χ1v) is 4.67. The molecule has 0 spiro atoms. The Hall–Kier alpha value is -0.520. The minimum absolute atomic E-state index is 0.841. The molecule has 0 fully saturated rings. The Balaban J connectivity index is 2.27. The van der Waals surface area contributed by atoms with Gasteiger partial charge in [0.1, 0.15) is 0 Å². The third-order valence-corrected chi connectivity index (χ3v) is 3.34. The zero-order chi connectivity index (χ0) is 7.84. The first kappa shape index (κ1) is 7.15. The molecule has 0 aromatic rings. The molecule has 0 saturated heterocycles. The number of hydrogen-bond donors (Lipinski definition) is 0. The van der Waals surface area contributed by atoms with Crippen LogP contribution < -0.4 is 0 Å². The Morgan fingerprint density at radius 3 is 3.00 bits per heavy atom. The summed E-state index contributed by atoms with van der Waals surface area (Å²) in [4.78, 5) is 0. The molecule has 0 unspecified atom stereocenters. The SMILES string of the molecule is C[C@@H]1C2=C(C=CC2)CC[C@@H]1C. The van der Waals surface area contributed by atoms with Crippen LogP contribution in [-0.4, -0.2) is 0 Å². The zero-order valence-electron chi connectivity index (χ0n) is 7.43. The van der Waals surface area contributed by atoms with E-state index in [0.717, 1.165) is 11.8 Å². The minimum Gasteiger partial charge on any atom is -0.0802 e. The summed E-state index contributed by atoms with van der Waals surface area (Å²) in [7, 11) is 0. The lowest BCUT2D eigenvalue weighted by Gasteiger charge is -2.27. The van der Waals surface area contributed by atoms with Gasteiger partial charge in [-0.2, -0.15) is 0 Å². The Kier molecular flexibility index (Phi) is 1.63. The monoisotopic (exact) mass is 148 g/mol. The summed E-state index contributed by atoms with van der Waals surface area (Å²) in [6.45, 7) is 4.76. The minimum atomic E-state index is 0.841. The van der Waals surface area contributed by atoms with Crippen molar-refractivity contribution in [1.29, 1.82) is 0 Å². The Morgan fingerprint density at radius 1 is 1.36 bits per heavy atom. The molecule has 0 bridgehead atoms. The fourth-order valence-electron chi connectivity index (χ4n) is 2.27. The van der Waals surface area contributed by atoms with Gasteiger partial charge in [-0.25, -0.2) is 0 Å². The summed E-state index contributed by atoms with van der Waals surface area (Å²) < 4.78 is 0. The summed E-state index contributed by atoms with van der Waals surface area (Å²) in [5.41, 5.74) is 3.37. The molecule has 11 heavy (non-hydrogen) atoms. The van der Waals surface area contributed by atoms with Crippen LogP contribution in [0.4, 0.5) is 0 Å². The lowest BCUT2D eigenvalue weighted by Crippen LogP contribution is -2.15. The molecule has 0 amide bonds. The second kappa shape index (κ2) is 2.51. The van der Waals surface area contributed by atoms with E-state index in [1.165, 1.54) is 19.3 Å². The van der Waals surface area contributed by atoms with E-state index in [1.54, 1.807) is 11.1 Å². The van der Waals surface area contributed by atoms with Crippen molar-refractivity contribution in [3.8, 4) is 0 Å². The van der Waals surface area contributed by atoms with Crippen molar-refractivity contribution >= 4 is 0 Å². The van der Waals surface area contributed by atoms with Crippen molar-refractivity contribution in [3.05, 3.63) is 23.3 Å². The molecule has 0 saturated carbocycles. The molecule has 0 aromatic carbocycles. The number of rotatable bonds is 0. The van der Waals surface area contributed by atoms with Crippen LogP contribution in [0.5, 0.6) is 0 Å². The highest BCUT2D eigenvalue weighted by atomic mass is 14.3. The highest BCUT2D eigenvalue weighted by Gasteiger charge is 2.25. The van der Waals surface area contributed by atoms with Crippen LogP contribution in [0.15, 0.2) is 23.3 Å². The Bertz CT molecular complexity index is 220. The molecule has 60 valence electrons. The maximum atomic E-state index is 2.38. The summed E-state index contributed by atoms with van der Waals surface area (Å²) in [5, 5.41) is 0. The van der Waals surface area contributed by atoms with Gasteiger partial charge in [-0.15, -0.1) is 0 Å². The van der Waals surface area contributed by atoms with E-state index in [2.05, 4.69) is 26.0 Å². The molecule has 0 heteroatoms. The van der Waals surface area contributed by atoms with E-state index in [-0.39, 0.29) is 0 Å². The van der Waals surface area contributed by atoms with Gasteiger partial charge >= 0.3 is 0 Å². The van der Waals surface area contributed by atoms with E-state index < -0.39 is 0 Å². The first-order valence-electron chi connectivity index (χ1n) is 4.67. The van der Waals surface area contributed by atoms with Crippen molar-refractivity contribution < 1.29 is 0 Å². The first-order chi connectivity index (χ1) is 5.29. The predicted octanol–water partition coefficient (Wildman–Crippen LogP) is 3.31. The highest BCUT2D eigenvalue weighted by Crippen LogP contribution is 2.39. The van der Waals surface area contributed by atoms with E-state index in [0.29, 0.717) is 0 Å². The Morgan fingerprint density at radius 2 is 2.18 bits per heavy atom. The second-order valence-corrected chi connectivity index (χ2v) is 3.96. The van der Waals surface area contributed by atoms with Crippen LogP contribution in [0.1, 0.15) is 33.1 Å². The summed E-state index contributed by atoms with van der Waals surface area (Å²) in [6, 6.07) is 0. The van der Waals surface area contributed by atoms with Gasteiger partial charge in [-0.3, -0.25) is 0 Å². The maximum Gasteiger partial charge on any atom is -0.0127 e. The smallest absolute Gasteiger partial charge is 0.0127 e. The second-order valence-electron chi connectivity index (χ2n) is 3.96. The van der Waals surface area contributed by atoms with Crippen LogP contribution in [-0.2, 0) is 0 Å². The number of allylic oxidation sites excluding steroid dienone is 4. The quantitative estimate of drug-likeness (QED) is 0.494. The molecule has 0 aliphatic heterocycles. The fourth-order valence-corrected chi connectivity index (χ4v) is 2.27. The highest BCUT2D eigenvalue weighted by molar-refractivity contribution is 5.36. The average molecular weight is 148 g/mol. The normalized spacial score (nSPS) is 36.2. The average Bonchev–Trinajstić information content (AvgIpc) is 2.45. The molecular formula is C11H16. The molecular weight excluding hydrogens is 132 g/mol. The van der Waals surface area contributed by atoms with E-state index in [9.17, 15) is 0 Å². The van der Waals surface area contributed by atoms with Gasteiger partial charge in [-0.1, -0.05) is 31.6 Å². The summed E-state index contributed by atoms with van der Waals surface area (Å²) in [5.74, 6) is 1.75. The molecule has 0 N–H and O–H groups in total. The molecule has 2 atom stereocenters. The van der Waals surface area contributed by atoms with Gasteiger partial charge in [0.25, 0.3) is 0 Å². The van der Waals surface area contributed by atoms with Crippen molar-refractivity contribution in [2.75, 3.05) is 0 Å². The van der Waals surface area contributed by atoms with Gasteiger partial charge < -0.3 is 0 Å². The number of hydrogen-bond acceptors (Lipinski definition) is 0. The zero-order valence-corrected chi connectivity index (χ0v) is 7.43. The van der Waals surface area contributed by atoms with Crippen LogP contribution in [0.25, 0.3) is 0 Å². The van der Waals surface area contributed by atoms with E-state index in [1.807, 2.05) is 0 Å². The summed E-state index contributed by atoms with van der Waals surface area (Å²) >= 11 is 0. The lowest BCUT2D eigenvalue weighted by molar-refractivity contribution is 0.384. The van der Waals surface area contributed by atoms with Crippen LogP contribution >= 0.6 is 0 Å². The van der Waals surface area contributed by atoms with Gasteiger partial charge in [0.05, 0.1) is 0 Å². The van der Waals surface area contributed by atoms with Crippen molar-refractivity contribution in [2.24, 2.45) is 11.8 Å². The summed E-state index contributed by atoms with van der Waals surface area (Å²) in [6.07, 6.45) is 8.61. The molecule has 2 rings (SSSR count). The molecule has 0 radical (unpaired) electrons. The predicted molar refractivity (Wildman–Crippen MR) is 48.3 cm³/mol. The molecule has 0 heterocycles. The van der Waals surface area contributed by atoms with Crippen molar-refractivity contribution in [2.45, 2.75) is 33.1 Å². The van der Waals surface area contributed by atoms with Gasteiger partial charge in [0.15, 0.2) is 0 Å². The fraction of sp³-hybridized carbons (Fsp3) is 0.636. The van der Waals surface area contributed by atoms with E-state index >= 15 is 0 Å². The molecule has 2 aliphatic carbocycles.